The van der Waals surface area contributed by atoms with Crippen LogP contribution in [-0.4, -0.2) is 4.98 Å². The van der Waals surface area contributed by atoms with Gasteiger partial charge in [0.2, 0.25) is 0 Å². The molecule has 1 heterocycles. The van der Waals surface area contributed by atoms with E-state index in [9.17, 15) is 0 Å². The first kappa shape index (κ1) is 22.0. The molecule has 2 aromatic carbocycles. The predicted molar refractivity (Wildman–Crippen MR) is 117 cm³/mol. The molecule has 7 heteroatoms. The van der Waals surface area contributed by atoms with E-state index >= 15 is 0 Å². The fourth-order valence-electron chi connectivity index (χ4n) is 2.46. The number of nitrogens with one attached hydrogen (secondary N) is 1. The van der Waals surface area contributed by atoms with E-state index in [4.69, 9.17) is 27.9 Å². The second kappa shape index (κ2) is 10.9. The Balaban J connectivity index is 0.00000261. The first-order valence-electron chi connectivity index (χ1n) is 8.06. The van der Waals surface area contributed by atoms with Crippen LogP contribution in [0.25, 0.3) is 0 Å². The van der Waals surface area contributed by atoms with Crippen molar-refractivity contribution >= 4 is 51.5 Å². The van der Waals surface area contributed by atoms with Crippen LogP contribution in [0.3, 0.4) is 0 Å². The topological polar surface area (TPSA) is 34.1 Å². The number of aromatic nitrogens is 1. The lowest BCUT2D eigenvalue weighted by molar-refractivity contribution is 0.302. The minimum atomic E-state index is 0. The van der Waals surface area contributed by atoms with Crippen LogP contribution < -0.4 is 10.1 Å². The summed E-state index contributed by atoms with van der Waals surface area (Å²) in [4.78, 5) is 4.03. The first-order valence-corrected chi connectivity index (χ1v) is 9.61. The fraction of sp³-hybridized carbons (Fsp3) is 0.150. The van der Waals surface area contributed by atoms with Crippen LogP contribution in [0.1, 0.15) is 16.7 Å². The van der Waals surface area contributed by atoms with Crippen LogP contribution in [0.4, 0.5) is 0 Å². The lowest BCUT2D eigenvalue weighted by Gasteiger charge is -2.14. The van der Waals surface area contributed by atoms with Crippen LogP contribution in [-0.2, 0) is 19.7 Å². The zero-order chi connectivity index (χ0) is 18.4. The molecule has 0 amide bonds. The number of halogens is 4. The summed E-state index contributed by atoms with van der Waals surface area (Å²) in [6.07, 6.45) is 3.58. The highest BCUT2D eigenvalue weighted by molar-refractivity contribution is 9.10. The molecule has 0 bridgehead atoms. The highest BCUT2D eigenvalue weighted by Crippen LogP contribution is 2.26. The second-order valence-corrected chi connectivity index (χ2v) is 7.49. The Bertz CT molecular complexity index is 878. The smallest absolute Gasteiger partial charge is 0.124 e. The van der Waals surface area contributed by atoms with Crippen molar-refractivity contribution in [3.05, 3.63) is 92.1 Å². The largest absolute Gasteiger partial charge is 0.489 e. The highest BCUT2D eigenvalue weighted by Gasteiger charge is 2.07. The van der Waals surface area contributed by atoms with Gasteiger partial charge in [-0.3, -0.25) is 4.98 Å². The lowest BCUT2D eigenvalue weighted by Crippen LogP contribution is -2.13. The van der Waals surface area contributed by atoms with Crippen molar-refractivity contribution in [2.45, 2.75) is 19.7 Å². The van der Waals surface area contributed by atoms with Crippen LogP contribution >= 0.6 is 51.5 Å². The Hall–Kier alpha value is -1.30. The van der Waals surface area contributed by atoms with Gasteiger partial charge in [-0.25, -0.2) is 0 Å². The van der Waals surface area contributed by atoms with E-state index in [1.807, 2.05) is 36.4 Å². The van der Waals surface area contributed by atoms with E-state index in [2.05, 4.69) is 32.3 Å². The van der Waals surface area contributed by atoms with Gasteiger partial charge in [-0.1, -0.05) is 45.2 Å². The van der Waals surface area contributed by atoms with Gasteiger partial charge in [-0.15, -0.1) is 12.4 Å². The Kier molecular flexibility index (Phi) is 8.87. The van der Waals surface area contributed by atoms with Crippen LogP contribution in [0.2, 0.25) is 10.0 Å². The van der Waals surface area contributed by atoms with Crippen molar-refractivity contribution in [3.63, 3.8) is 0 Å². The standard InChI is InChI=1S/C20H17BrCl2N2O.ClH/c21-17-2-4-20(26-13-15-1-3-18(22)10-19(15)23)16(9-17)12-25-11-14-5-7-24-8-6-14;/h1-10,25H,11-13H2;1H. The Morgan fingerprint density at radius 1 is 0.926 bits per heavy atom. The third-order valence-electron chi connectivity index (χ3n) is 3.81. The van der Waals surface area contributed by atoms with Crippen LogP contribution in [0.15, 0.2) is 65.4 Å². The summed E-state index contributed by atoms with van der Waals surface area (Å²) in [7, 11) is 0. The molecule has 0 radical (unpaired) electrons. The van der Waals surface area contributed by atoms with Crippen molar-refractivity contribution in [1.82, 2.24) is 10.3 Å². The maximum atomic E-state index is 6.22. The van der Waals surface area contributed by atoms with E-state index in [1.165, 1.54) is 5.56 Å². The predicted octanol–water partition coefficient (Wildman–Crippen LogP) is 6.44. The number of rotatable bonds is 7. The molecule has 27 heavy (non-hydrogen) atoms. The quantitative estimate of drug-likeness (QED) is 0.415. The molecule has 0 saturated heterocycles. The van der Waals surface area contributed by atoms with Crippen molar-refractivity contribution in [2.75, 3.05) is 0 Å². The van der Waals surface area contributed by atoms with Crippen molar-refractivity contribution < 1.29 is 4.74 Å². The molecule has 0 fully saturated rings. The molecule has 0 atom stereocenters. The van der Waals surface area contributed by atoms with Crippen LogP contribution in [0.5, 0.6) is 5.75 Å². The Morgan fingerprint density at radius 3 is 2.44 bits per heavy atom. The number of nitrogens with zero attached hydrogens (tertiary/aromatic N) is 1. The summed E-state index contributed by atoms with van der Waals surface area (Å²) in [5, 5.41) is 4.65. The molecule has 3 nitrogen and oxygen atoms in total. The average molecular weight is 489 g/mol. The number of ether oxygens (including phenoxy) is 1. The van der Waals surface area contributed by atoms with Crippen LogP contribution in [0, 0.1) is 0 Å². The monoisotopic (exact) mass is 486 g/mol. The summed E-state index contributed by atoms with van der Waals surface area (Å²) in [6.45, 7) is 1.83. The molecular weight excluding hydrogens is 470 g/mol. The lowest BCUT2D eigenvalue weighted by atomic mass is 10.2. The van der Waals surface area contributed by atoms with Gasteiger partial charge in [-0.05, 0) is 48.0 Å². The van der Waals surface area contributed by atoms with Crippen molar-refractivity contribution in [3.8, 4) is 5.75 Å². The van der Waals surface area contributed by atoms with Gasteiger partial charge in [0, 0.05) is 51.1 Å². The molecule has 142 valence electrons. The van der Waals surface area contributed by atoms with Gasteiger partial charge in [0.15, 0.2) is 0 Å². The maximum absolute atomic E-state index is 6.22. The van der Waals surface area contributed by atoms with Gasteiger partial charge in [0.05, 0.1) is 0 Å². The summed E-state index contributed by atoms with van der Waals surface area (Å²) in [5.41, 5.74) is 3.15. The maximum Gasteiger partial charge on any atom is 0.124 e. The molecular formula is C20H18BrCl3N2O. The number of hydrogen-bond donors (Lipinski definition) is 1. The SMILES string of the molecule is Cl.Clc1ccc(COc2ccc(Br)cc2CNCc2ccncc2)c(Cl)c1. The first-order chi connectivity index (χ1) is 12.6. The van der Waals surface area contributed by atoms with Gasteiger partial charge in [0.1, 0.15) is 12.4 Å². The summed E-state index contributed by atoms with van der Waals surface area (Å²) in [6, 6.07) is 15.4. The van der Waals surface area contributed by atoms with Gasteiger partial charge in [0.25, 0.3) is 0 Å². The molecule has 1 aromatic heterocycles. The fourth-order valence-corrected chi connectivity index (χ4v) is 3.33. The van der Waals surface area contributed by atoms with Gasteiger partial charge >= 0.3 is 0 Å². The molecule has 0 unspecified atom stereocenters. The molecule has 1 N–H and O–H groups in total. The zero-order valence-corrected chi connectivity index (χ0v) is 18.2. The average Bonchev–Trinajstić information content (AvgIpc) is 2.63. The Labute approximate surface area is 183 Å². The zero-order valence-electron chi connectivity index (χ0n) is 14.3. The van der Waals surface area contributed by atoms with Gasteiger partial charge < -0.3 is 10.1 Å². The third-order valence-corrected chi connectivity index (χ3v) is 4.89. The van der Waals surface area contributed by atoms with E-state index in [0.717, 1.165) is 27.9 Å². The molecule has 0 spiro atoms. The van der Waals surface area contributed by atoms with E-state index < -0.39 is 0 Å². The third kappa shape index (κ3) is 6.66. The summed E-state index contributed by atoms with van der Waals surface area (Å²) < 4.78 is 7.01. The van der Waals surface area contributed by atoms with Crippen molar-refractivity contribution in [2.24, 2.45) is 0 Å². The number of hydrogen-bond acceptors (Lipinski definition) is 3. The molecule has 3 aromatic rings. The van der Waals surface area contributed by atoms with E-state index in [1.54, 1.807) is 18.5 Å². The van der Waals surface area contributed by atoms with E-state index in [0.29, 0.717) is 23.2 Å². The van der Waals surface area contributed by atoms with E-state index in [-0.39, 0.29) is 12.4 Å². The summed E-state index contributed by atoms with van der Waals surface area (Å²) >= 11 is 15.7. The minimum Gasteiger partial charge on any atom is -0.489 e. The summed E-state index contributed by atoms with van der Waals surface area (Å²) in [5.74, 6) is 0.821. The Morgan fingerprint density at radius 2 is 1.70 bits per heavy atom. The molecule has 0 saturated carbocycles. The van der Waals surface area contributed by atoms with Crippen molar-refractivity contribution in [1.29, 1.82) is 0 Å². The second-order valence-electron chi connectivity index (χ2n) is 5.74. The molecule has 3 rings (SSSR count). The normalized spacial score (nSPS) is 10.3. The molecule has 0 aliphatic rings. The molecule has 0 aliphatic heterocycles. The molecule has 0 aliphatic carbocycles. The number of pyridine rings is 1. The minimum absolute atomic E-state index is 0. The van der Waals surface area contributed by atoms with Gasteiger partial charge in [-0.2, -0.15) is 0 Å². The highest BCUT2D eigenvalue weighted by atomic mass is 79.9. The number of benzene rings is 2.